The zero-order valence-corrected chi connectivity index (χ0v) is 11.5. The first kappa shape index (κ1) is 13.6. The molecule has 1 aromatic heterocycles. The van der Waals surface area contributed by atoms with Gasteiger partial charge in [0.2, 0.25) is 5.91 Å². The summed E-state index contributed by atoms with van der Waals surface area (Å²) in [7, 11) is 0. The van der Waals surface area contributed by atoms with Gasteiger partial charge in [-0.2, -0.15) is 0 Å². The number of hydrogen-bond acceptors (Lipinski definition) is 3. The maximum atomic E-state index is 12.1. The lowest BCUT2D eigenvalue weighted by Gasteiger charge is -2.29. The van der Waals surface area contributed by atoms with Crippen molar-refractivity contribution in [2.75, 3.05) is 13.1 Å². The van der Waals surface area contributed by atoms with Crippen molar-refractivity contribution in [3.63, 3.8) is 0 Å². The highest BCUT2D eigenvalue weighted by atomic mass is 32.1. The second-order valence-electron chi connectivity index (χ2n) is 5.01. The number of nitrogens with one attached hydrogen (secondary N) is 1. The summed E-state index contributed by atoms with van der Waals surface area (Å²) in [4.78, 5) is 13.5. The Bertz CT molecular complexity index is 364. The van der Waals surface area contributed by atoms with Gasteiger partial charge in [0.05, 0.1) is 0 Å². The van der Waals surface area contributed by atoms with Crippen molar-refractivity contribution in [3.05, 3.63) is 22.4 Å². The molecular formula is C14H22N2OS. The van der Waals surface area contributed by atoms with E-state index in [0.717, 1.165) is 25.8 Å². The molecule has 2 atom stereocenters. The Labute approximate surface area is 113 Å². The third kappa shape index (κ3) is 3.56. The van der Waals surface area contributed by atoms with E-state index in [4.69, 9.17) is 5.73 Å². The SMILES string of the molecule is NCC1CCCCC1C(=O)NCCc1cccs1. The molecule has 0 bridgehead atoms. The fraction of sp³-hybridized carbons (Fsp3) is 0.643. The van der Waals surface area contributed by atoms with Crippen molar-refractivity contribution in [1.82, 2.24) is 5.32 Å². The van der Waals surface area contributed by atoms with Crippen molar-refractivity contribution in [1.29, 1.82) is 0 Å². The van der Waals surface area contributed by atoms with E-state index in [2.05, 4.69) is 16.8 Å². The Morgan fingerprint density at radius 2 is 2.28 bits per heavy atom. The molecule has 1 aliphatic carbocycles. The summed E-state index contributed by atoms with van der Waals surface area (Å²) in [6.45, 7) is 1.39. The summed E-state index contributed by atoms with van der Waals surface area (Å²) in [5.41, 5.74) is 5.76. The minimum atomic E-state index is 0.145. The molecule has 0 radical (unpaired) electrons. The van der Waals surface area contributed by atoms with Gasteiger partial charge in [0.1, 0.15) is 0 Å². The van der Waals surface area contributed by atoms with Gasteiger partial charge in [0, 0.05) is 17.3 Å². The number of amides is 1. The number of nitrogens with two attached hydrogens (primary N) is 1. The number of hydrogen-bond donors (Lipinski definition) is 2. The standard InChI is InChI=1S/C14H22N2OS/c15-10-11-4-1-2-6-13(11)14(17)16-8-7-12-5-3-9-18-12/h3,5,9,11,13H,1-2,4,6-8,10,15H2,(H,16,17). The van der Waals surface area contributed by atoms with Gasteiger partial charge in [-0.05, 0) is 43.2 Å². The number of thiophene rings is 1. The van der Waals surface area contributed by atoms with Crippen LogP contribution in [0.15, 0.2) is 17.5 Å². The van der Waals surface area contributed by atoms with Gasteiger partial charge in [-0.1, -0.05) is 18.9 Å². The molecule has 3 nitrogen and oxygen atoms in total. The number of carbonyl (C=O) groups excluding carboxylic acids is 1. The van der Waals surface area contributed by atoms with E-state index in [-0.39, 0.29) is 11.8 Å². The van der Waals surface area contributed by atoms with Crippen molar-refractivity contribution >= 4 is 17.2 Å². The molecule has 2 rings (SSSR count). The molecule has 0 spiro atoms. The van der Waals surface area contributed by atoms with Crippen LogP contribution in [0.25, 0.3) is 0 Å². The average Bonchev–Trinajstić information content (AvgIpc) is 2.91. The van der Waals surface area contributed by atoms with E-state index in [1.54, 1.807) is 11.3 Å². The maximum Gasteiger partial charge on any atom is 0.223 e. The van der Waals surface area contributed by atoms with Crippen molar-refractivity contribution in [2.24, 2.45) is 17.6 Å². The van der Waals surface area contributed by atoms with E-state index in [1.165, 1.54) is 17.7 Å². The number of rotatable bonds is 5. The Balaban J connectivity index is 1.76. The predicted octanol–water partition coefficient (Wildman–Crippen LogP) is 2.17. The Hall–Kier alpha value is -0.870. The predicted molar refractivity (Wildman–Crippen MR) is 75.5 cm³/mol. The molecule has 1 heterocycles. The van der Waals surface area contributed by atoms with Crippen molar-refractivity contribution in [3.8, 4) is 0 Å². The smallest absolute Gasteiger partial charge is 0.223 e. The third-order valence-electron chi connectivity index (χ3n) is 3.80. The van der Waals surface area contributed by atoms with Gasteiger partial charge < -0.3 is 11.1 Å². The van der Waals surface area contributed by atoms with Crippen molar-refractivity contribution < 1.29 is 4.79 Å². The van der Waals surface area contributed by atoms with Crippen LogP contribution in [0, 0.1) is 11.8 Å². The second-order valence-corrected chi connectivity index (χ2v) is 6.04. The highest BCUT2D eigenvalue weighted by Gasteiger charge is 2.29. The van der Waals surface area contributed by atoms with Crippen LogP contribution in [0.2, 0.25) is 0 Å². The molecule has 2 unspecified atom stereocenters. The Morgan fingerprint density at radius 3 is 3.00 bits per heavy atom. The molecule has 0 saturated heterocycles. The fourth-order valence-corrected chi connectivity index (χ4v) is 3.44. The first-order chi connectivity index (χ1) is 8.81. The topological polar surface area (TPSA) is 55.1 Å². The summed E-state index contributed by atoms with van der Waals surface area (Å²) in [5, 5.41) is 5.14. The molecule has 18 heavy (non-hydrogen) atoms. The molecule has 100 valence electrons. The molecule has 1 fully saturated rings. The first-order valence-electron chi connectivity index (χ1n) is 6.81. The Kier molecular flexibility index (Phi) is 5.20. The van der Waals surface area contributed by atoms with Crippen LogP contribution >= 0.6 is 11.3 Å². The maximum absolute atomic E-state index is 12.1. The average molecular weight is 266 g/mol. The summed E-state index contributed by atoms with van der Waals surface area (Å²) < 4.78 is 0. The fourth-order valence-electron chi connectivity index (χ4n) is 2.73. The molecular weight excluding hydrogens is 244 g/mol. The minimum Gasteiger partial charge on any atom is -0.355 e. The molecule has 0 aromatic carbocycles. The summed E-state index contributed by atoms with van der Waals surface area (Å²) in [6.07, 6.45) is 5.44. The van der Waals surface area contributed by atoms with Gasteiger partial charge >= 0.3 is 0 Å². The van der Waals surface area contributed by atoms with Crippen LogP contribution in [-0.2, 0) is 11.2 Å². The van der Waals surface area contributed by atoms with E-state index in [1.807, 2.05) is 6.07 Å². The quantitative estimate of drug-likeness (QED) is 0.858. The lowest BCUT2D eigenvalue weighted by molar-refractivity contribution is -0.127. The lowest BCUT2D eigenvalue weighted by Crippen LogP contribution is -2.40. The molecule has 1 aliphatic rings. The molecule has 4 heteroatoms. The number of carbonyl (C=O) groups is 1. The first-order valence-corrected chi connectivity index (χ1v) is 7.69. The van der Waals surface area contributed by atoms with E-state index in [9.17, 15) is 4.79 Å². The lowest BCUT2D eigenvalue weighted by atomic mass is 9.79. The van der Waals surface area contributed by atoms with Crippen LogP contribution in [0.5, 0.6) is 0 Å². The van der Waals surface area contributed by atoms with Crippen molar-refractivity contribution in [2.45, 2.75) is 32.1 Å². The van der Waals surface area contributed by atoms with Gasteiger partial charge in [-0.3, -0.25) is 4.79 Å². The van der Waals surface area contributed by atoms with E-state index in [0.29, 0.717) is 12.5 Å². The highest BCUT2D eigenvalue weighted by molar-refractivity contribution is 7.09. The van der Waals surface area contributed by atoms with Crippen LogP contribution in [-0.4, -0.2) is 19.0 Å². The van der Waals surface area contributed by atoms with Gasteiger partial charge in [-0.25, -0.2) is 0 Å². The van der Waals surface area contributed by atoms with Crippen LogP contribution in [0.3, 0.4) is 0 Å². The second kappa shape index (κ2) is 6.90. The minimum absolute atomic E-state index is 0.145. The summed E-state index contributed by atoms with van der Waals surface area (Å²) in [5.74, 6) is 0.745. The normalized spacial score (nSPS) is 23.8. The summed E-state index contributed by atoms with van der Waals surface area (Å²) in [6, 6.07) is 4.16. The van der Waals surface area contributed by atoms with Crippen LogP contribution in [0.4, 0.5) is 0 Å². The molecule has 1 saturated carbocycles. The summed E-state index contributed by atoms with van der Waals surface area (Å²) >= 11 is 1.74. The van der Waals surface area contributed by atoms with Gasteiger partial charge in [0.25, 0.3) is 0 Å². The van der Waals surface area contributed by atoms with Crippen LogP contribution < -0.4 is 11.1 Å². The van der Waals surface area contributed by atoms with Gasteiger partial charge in [0.15, 0.2) is 0 Å². The van der Waals surface area contributed by atoms with Gasteiger partial charge in [-0.15, -0.1) is 11.3 Å². The molecule has 3 N–H and O–H groups in total. The largest absolute Gasteiger partial charge is 0.355 e. The monoisotopic (exact) mass is 266 g/mol. The van der Waals surface area contributed by atoms with E-state index >= 15 is 0 Å². The molecule has 1 amide bonds. The molecule has 0 aliphatic heterocycles. The zero-order chi connectivity index (χ0) is 12.8. The third-order valence-corrected chi connectivity index (χ3v) is 4.74. The highest BCUT2D eigenvalue weighted by Crippen LogP contribution is 2.29. The Morgan fingerprint density at radius 1 is 1.44 bits per heavy atom. The van der Waals surface area contributed by atoms with Crippen LogP contribution in [0.1, 0.15) is 30.6 Å². The zero-order valence-electron chi connectivity index (χ0n) is 10.7. The molecule has 1 aromatic rings. The van der Waals surface area contributed by atoms with E-state index < -0.39 is 0 Å².